The molecule has 4 aliphatic carbocycles. The van der Waals surface area contributed by atoms with Crippen LogP contribution in [0, 0.1) is 29.1 Å². The lowest BCUT2D eigenvalue weighted by atomic mass is 9.51. The largest absolute Gasteiger partial charge is 0.501 e. The van der Waals surface area contributed by atoms with E-state index in [-0.39, 0.29) is 5.60 Å². The van der Waals surface area contributed by atoms with Gasteiger partial charge in [-0.05, 0) is 92.1 Å². The highest BCUT2D eigenvalue weighted by Crippen LogP contribution is 2.67. The van der Waals surface area contributed by atoms with Gasteiger partial charge in [0.05, 0.1) is 18.5 Å². The molecular weight excluding hydrogens is 296 g/mol. The number of methoxy groups -OCH3 is 1. The van der Waals surface area contributed by atoms with E-state index in [1.54, 1.807) is 5.57 Å². The number of ether oxygens (including phenoxy) is 2. The number of allylic oxidation sites excluding steroid dienone is 4. The van der Waals surface area contributed by atoms with Gasteiger partial charge in [0.15, 0.2) is 0 Å². The van der Waals surface area contributed by atoms with Gasteiger partial charge in [-0.2, -0.15) is 0 Å². The Kier molecular flexibility index (Phi) is 3.46. The highest BCUT2D eigenvalue weighted by atomic mass is 16.5. The molecular formula is C22H32O2. The maximum Gasteiger partial charge on any atom is 0.0958 e. The Morgan fingerprint density at radius 3 is 2.83 bits per heavy atom. The molecule has 6 atom stereocenters. The molecule has 0 aromatic rings. The molecule has 1 aliphatic heterocycles. The van der Waals surface area contributed by atoms with Gasteiger partial charge in [-0.15, -0.1) is 0 Å². The fraction of sp³-hybridized carbons (Fsp3) is 0.818. The Balaban J connectivity index is 1.45. The van der Waals surface area contributed by atoms with Crippen LogP contribution in [0.1, 0.15) is 64.7 Å². The quantitative estimate of drug-likeness (QED) is 0.654. The lowest BCUT2D eigenvalue weighted by Crippen LogP contribution is -2.52. The monoisotopic (exact) mass is 328 g/mol. The first-order valence-electron chi connectivity index (χ1n) is 10.3. The molecule has 5 rings (SSSR count). The smallest absolute Gasteiger partial charge is 0.0958 e. The van der Waals surface area contributed by atoms with E-state index in [0.29, 0.717) is 5.41 Å². The van der Waals surface area contributed by atoms with E-state index in [0.717, 1.165) is 36.7 Å². The Morgan fingerprint density at radius 1 is 1.12 bits per heavy atom. The second-order valence-corrected chi connectivity index (χ2v) is 9.28. The second-order valence-electron chi connectivity index (χ2n) is 9.28. The van der Waals surface area contributed by atoms with Crippen LogP contribution in [0.2, 0.25) is 0 Å². The topological polar surface area (TPSA) is 18.5 Å². The van der Waals surface area contributed by atoms with Gasteiger partial charge in [0.25, 0.3) is 0 Å². The predicted molar refractivity (Wildman–Crippen MR) is 95.5 cm³/mol. The van der Waals surface area contributed by atoms with Crippen LogP contribution in [0.3, 0.4) is 0 Å². The molecule has 24 heavy (non-hydrogen) atoms. The van der Waals surface area contributed by atoms with Crippen LogP contribution in [-0.2, 0) is 9.47 Å². The molecule has 0 aromatic carbocycles. The van der Waals surface area contributed by atoms with Gasteiger partial charge in [0.1, 0.15) is 0 Å². The van der Waals surface area contributed by atoms with Crippen molar-refractivity contribution in [1.82, 2.24) is 0 Å². The molecule has 1 saturated heterocycles. The number of hydrogen-bond acceptors (Lipinski definition) is 2. The summed E-state index contributed by atoms with van der Waals surface area (Å²) in [4.78, 5) is 0. The summed E-state index contributed by atoms with van der Waals surface area (Å²) in [7, 11) is 1.82. The summed E-state index contributed by atoms with van der Waals surface area (Å²) in [6.45, 7) is 3.60. The zero-order chi connectivity index (χ0) is 16.4. The van der Waals surface area contributed by atoms with Gasteiger partial charge in [0, 0.05) is 13.0 Å². The summed E-state index contributed by atoms with van der Waals surface area (Å²) in [6, 6.07) is 0. The molecule has 1 heterocycles. The van der Waals surface area contributed by atoms with Gasteiger partial charge in [-0.1, -0.05) is 13.0 Å². The number of fused-ring (bicyclic) bond motifs is 6. The van der Waals surface area contributed by atoms with Crippen molar-refractivity contribution >= 4 is 0 Å². The summed E-state index contributed by atoms with van der Waals surface area (Å²) in [5.41, 5.74) is 2.27. The second kappa shape index (κ2) is 5.37. The van der Waals surface area contributed by atoms with E-state index in [2.05, 4.69) is 19.1 Å². The molecule has 0 radical (unpaired) electrons. The van der Waals surface area contributed by atoms with E-state index in [1.807, 2.05) is 7.11 Å². The molecule has 3 unspecified atom stereocenters. The Morgan fingerprint density at radius 2 is 2.04 bits per heavy atom. The predicted octanol–water partition coefficient (Wildman–Crippen LogP) is 5.25. The molecule has 2 saturated carbocycles. The lowest BCUT2D eigenvalue weighted by Gasteiger charge is -2.55. The van der Waals surface area contributed by atoms with Crippen molar-refractivity contribution in [1.29, 1.82) is 0 Å². The standard InChI is InChI=1S/C22H32O2/c1-21-11-8-18-17-7-5-16(23-2)14-15(17)4-6-19(18)20(21)9-12-22(21)10-3-13-24-22/h4,14,17-20H,3,5-13H2,1-2H3/t17-,18?,19?,20?,21-,22-/m0/s1. The molecule has 132 valence electrons. The third-order valence-corrected chi connectivity index (χ3v) is 8.75. The summed E-state index contributed by atoms with van der Waals surface area (Å²) in [5.74, 6) is 4.69. The fourth-order valence-corrected chi connectivity index (χ4v) is 7.53. The van der Waals surface area contributed by atoms with Crippen LogP contribution in [0.25, 0.3) is 0 Å². The van der Waals surface area contributed by atoms with E-state index in [4.69, 9.17) is 9.47 Å². The molecule has 0 aromatic heterocycles. The Hall–Kier alpha value is -0.760. The zero-order valence-electron chi connectivity index (χ0n) is 15.4. The van der Waals surface area contributed by atoms with E-state index >= 15 is 0 Å². The zero-order valence-corrected chi connectivity index (χ0v) is 15.4. The minimum Gasteiger partial charge on any atom is -0.501 e. The van der Waals surface area contributed by atoms with Gasteiger partial charge < -0.3 is 9.47 Å². The van der Waals surface area contributed by atoms with Crippen molar-refractivity contribution in [3.8, 4) is 0 Å². The van der Waals surface area contributed by atoms with E-state index < -0.39 is 0 Å². The molecule has 3 fully saturated rings. The first-order chi connectivity index (χ1) is 11.7. The minimum absolute atomic E-state index is 0.238. The summed E-state index contributed by atoms with van der Waals surface area (Å²) in [5, 5.41) is 0. The van der Waals surface area contributed by atoms with Crippen LogP contribution in [0.15, 0.2) is 23.5 Å². The molecule has 0 bridgehead atoms. The Bertz CT molecular complexity index is 583. The first kappa shape index (κ1) is 15.5. The van der Waals surface area contributed by atoms with Crippen molar-refractivity contribution < 1.29 is 9.47 Å². The molecule has 0 amide bonds. The van der Waals surface area contributed by atoms with Crippen LogP contribution >= 0.6 is 0 Å². The fourth-order valence-electron chi connectivity index (χ4n) is 7.53. The lowest BCUT2D eigenvalue weighted by molar-refractivity contribution is -0.123. The maximum absolute atomic E-state index is 6.45. The molecule has 5 aliphatic rings. The highest BCUT2D eigenvalue weighted by molar-refractivity contribution is 5.31. The van der Waals surface area contributed by atoms with E-state index in [1.165, 1.54) is 57.1 Å². The average Bonchev–Trinajstić information content (AvgIpc) is 3.21. The SMILES string of the molecule is COC1=CC2=CCC3C(CC[C@@]4(C)C3CC[C@@]43CCCO3)[C@H]2CC1. The van der Waals surface area contributed by atoms with Crippen molar-refractivity contribution in [2.45, 2.75) is 70.3 Å². The number of hydrogen-bond donors (Lipinski definition) is 0. The van der Waals surface area contributed by atoms with Gasteiger partial charge >= 0.3 is 0 Å². The van der Waals surface area contributed by atoms with Crippen molar-refractivity contribution in [3.63, 3.8) is 0 Å². The number of rotatable bonds is 1. The van der Waals surface area contributed by atoms with Crippen molar-refractivity contribution in [2.75, 3.05) is 13.7 Å². The molecule has 2 heteroatoms. The third-order valence-electron chi connectivity index (χ3n) is 8.75. The maximum atomic E-state index is 6.45. The first-order valence-corrected chi connectivity index (χ1v) is 10.3. The van der Waals surface area contributed by atoms with Crippen LogP contribution in [-0.4, -0.2) is 19.3 Å². The summed E-state index contributed by atoms with van der Waals surface area (Å²) < 4.78 is 12.0. The molecule has 1 spiro atoms. The van der Waals surface area contributed by atoms with Gasteiger partial charge in [-0.25, -0.2) is 0 Å². The molecule has 2 nitrogen and oxygen atoms in total. The highest BCUT2D eigenvalue weighted by Gasteiger charge is 2.63. The normalized spacial score (nSPS) is 49.9. The van der Waals surface area contributed by atoms with Crippen LogP contribution < -0.4 is 0 Å². The summed E-state index contributed by atoms with van der Waals surface area (Å²) >= 11 is 0. The average molecular weight is 328 g/mol. The minimum atomic E-state index is 0.238. The third kappa shape index (κ3) is 1.92. The van der Waals surface area contributed by atoms with Crippen molar-refractivity contribution in [3.05, 3.63) is 23.5 Å². The van der Waals surface area contributed by atoms with Gasteiger partial charge in [0.2, 0.25) is 0 Å². The molecule has 0 N–H and O–H groups in total. The summed E-state index contributed by atoms with van der Waals surface area (Å²) in [6.07, 6.45) is 16.8. The van der Waals surface area contributed by atoms with Gasteiger partial charge in [-0.3, -0.25) is 0 Å². The van der Waals surface area contributed by atoms with E-state index in [9.17, 15) is 0 Å². The van der Waals surface area contributed by atoms with Crippen LogP contribution in [0.5, 0.6) is 0 Å². The van der Waals surface area contributed by atoms with Crippen LogP contribution in [0.4, 0.5) is 0 Å². The Labute approximate surface area is 146 Å². The van der Waals surface area contributed by atoms with Crippen molar-refractivity contribution in [2.24, 2.45) is 29.1 Å².